The van der Waals surface area contributed by atoms with Gasteiger partial charge in [0.25, 0.3) is 0 Å². The van der Waals surface area contributed by atoms with Crippen molar-refractivity contribution in [3.8, 4) is 6.07 Å². The zero-order chi connectivity index (χ0) is 17.8. The summed E-state index contributed by atoms with van der Waals surface area (Å²) < 4.78 is 0. The smallest absolute Gasteiger partial charge is 0.237 e. The molecular weight excluding hydrogens is 358 g/mol. The third-order valence-corrected chi connectivity index (χ3v) is 7.72. The molecule has 6 rings (SSSR count). The van der Waals surface area contributed by atoms with Gasteiger partial charge in [-0.05, 0) is 67.8 Å². The molecular formula is C22H28ClN3O. The van der Waals surface area contributed by atoms with E-state index < -0.39 is 0 Å². The first-order valence-corrected chi connectivity index (χ1v) is 10.1. The van der Waals surface area contributed by atoms with Crippen molar-refractivity contribution in [3.63, 3.8) is 0 Å². The Balaban J connectivity index is 0.00000180. The van der Waals surface area contributed by atoms with Crippen molar-refractivity contribution in [1.29, 1.82) is 5.26 Å². The Kier molecular flexibility index (Phi) is 4.72. The van der Waals surface area contributed by atoms with Crippen molar-refractivity contribution in [1.82, 2.24) is 10.2 Å². The van der Waals surface area contributed by atoms with Crippen LogP contribution in [0.15, 0.2) is 30.3 Å². The Morgan fingerprint density at radius 2 is 2.07 bits per heavy atom. The number of likely N-dealkylation sites (tertiary alicyclic amines) is 1. The zero-order valence-electron chi connectivity index (χ0n) is 15.7. The number of nitriles is 1. The number of benzene rings is 1. The number of halogens is 1. The van der Waals surface area contributed by atoms with Gasteiger partial charge in [0.2, 0.25) is 5.91 Å². The van der Waals surface area contributed by atoms with E-state index in [-0.39, 0.29) is 29.9 Å². The molecule has 4 saturated carbocycles. The lowest BCUT2D eigenvalue weighted by Crippen LogP contribution is -2.52. The molecule has 5 heteroatoms. The molecule has 144 valence electrons. The SMILES string of the molecule is Cl.N#C[C@@H]1CCCN1C(=O)CNC12CC3CC1CC(c1ccccc1)(C3)C2. The number of carbonyl (C=O) groups is 1. The van der Waals surface area contributed by atoms with Crippen LogP contribution in [0, 0.1) is 23.2 Å². The minimum atomic E-state index is -0.214. The van der Waals surface area contributed by atoms with Gasteiger partial charge < -0.3 is 10.2 Å². The highest BCUT2D eigenvalue weighted by Gasteiger charge is 2.64. The molecule has 0 radical (unpaired) electrons. The van der Waals surface area contributed by atoms with Crippen molar-refractivity contribution in [2.75, 3.05) is 13.1 Å². The lowest BCUT2D eigenvalue weighted by molar-refractivity contribution is -0.130. The van der Waals surface area contributed by atoms with Crippen molar-refractivity contribution >= 4 is 18.3 Å². The molecule has 1 heterocycles. The quantitative estimate of drug-likeness (QED) is 0.864. The van der Waals surface area contributed by atoms with Crippen LogP contribution in [-0.2, 0) is 10.2 Å². The van der Waals surface area contributed by atoms with E-state index in [1.54, 1.807) is 4.90 Å². The van der Waals surface area contributed by atoms with Crippen LogP contribution in [0.2, 0.25) is 0 Å². The second-order valence-corrected chi connectivity index (χ2v) is 9.12. The van der Waals surface area contributed by atoms with Crippen molar-refractivity contribution < 1.29 is 4.79 Å². The molecule has 0 spiro atoms. The molecule has 1 aromatic carbocycles. The van der Waals surface area contributed by atoms with Crippen LogP contribution in [0.4, 0.5) is 0 Å². The molecule has 5 atom stereocenters. The molecule has 5 aliphatic rings. The highest BCUT2D eigenvalue weighted by molar-refractivity contribution is 5.85. The topological polar surface area (TPSA) is 56.1 Å². The number of hydrogen-bond acceptors (Lipinski definition) is 3. The van der Waals surface area contributed by atoms with Gasteiger partial charge in [-0.15, -0.1) is 12.4 Å². The monoisotopic (exact) mass is 385 g/mol. The summed E-state index contributed by atoms with van der Waals surface area (Å²) in [6.45, 7) is 1.14. The van der Waals surface area contributed by atoms with Gasteiger partial charge in [0.05, 0.1) is 12.6 Å². The van der Waals surface area contributed by atoms with Gasteiger partial charge in [0.15, 0.2) is 0 Å². The molecule has 4 nitrogen and oxygen atoms in total. The van der Waals surface area contributed by atoms with Crippen molar-refractivity contribution in [2.24, 2.45) is 11.8 Å². The van der Waals surface area contributed by atoms with Crippen LogP contribution >= 0.6 is 12.4 Å². The second-order valence-electron chi connectivity index (χ2n) is 9.12. The number of amides is 1. The number of rotatable bonds is 4. The van der Waals surface area contributed by atoms with Gasteiger partial charge in [-0.1, -0.05) is 30.3 Å². The van der Waals surface area contributed by atoms with Crippen LogP contribution in [0.1, 0.15) is 50.5 Å². The third-order valence-electron chi connectivity index (χ3n) is 7.72. The molecule has 4 bridgehead atoms. The fourth-order valence-corrected chi connectivity index (χ4v) is 6.86. The van der Waals surface area contributed by atoms with Gasteiger partial charge in [0, 0.05) is 12.1 Å². The fourth-order valence-electron chi connectivity index (χ4n) is 6.86. The highest BCUT2D eigenvalue weighted by Crippen LogP contribution is 2.66. The zero-order valence-corrected chi connectivity index (χ0v) is 16.5. The number of carbonyl (C=O) groups excluding carboxylic acids is 1. The molecule has 1 saturated heterocycles. The van der Waals surface area contributed by atoms with Crippen LogP contribution in [0.3, 0.4) is 0 Å². The maximum absolute atomic E-state index is 12.7. The average molecular weight is 386 g/mol. The molecule has 1 aliphatic heterocycles. The predicted molar refractivity (Wildman–Crippen MR) is 107 cm³/mol. The van der Waals surface area contributed by atoms with E-state index in [2.05, 4.69) is 41.7 Å². The summed E-state index contributed by atoms with van der Waals surface area (Å²) >= 11 is 0. The summed E-state index contributed by atoms with van der Waals surface area (Å²) in [5.74, 6) is 1.60. The second kappa shape index (κ2) is 6.79. The van der Waals surface area contributed by atoms with Gasteiger partial charge in [-0.2, -0.15) is 5.26 Å². The maximum Gasteiger partial charge on any atom is 0.237 e. The Hall–Kier alpha value is -1.57. The maximum atomic E-state index is 12.7. The van der Waals surface area contributed by atoms with Crippen LogP contribution < -0.4 is 5.32 Å². The largest absolute Gasteiger partial charge is 0.326 e. The summed E-state index contributed by atoms with van der Waals surface area (Å²) in [5, 5.41) is 13.0. The fraction of sp³-hybridized carbons (Fsp3) is 0.636. The van der Waals surface area contributed by atoms with Gasteiger partial charge in [0.1, 0.15) is 6.04 Å². The van der Waals surface area contributed by atoms with Crippen LogP contribution in [0.5, 0.6) is 0 Å². The van der Waals surface area contributed by atoms with Gasteiger partial charge in [-0.3, -0.25) is 4.79 Å². The first-order chi connectivity index (χ1) is 12.6. The summed E-state index contributed by atoms with van der Waals surface area (Å²) in [7, 11) is 0. The minimum Gasteiger partial charge on any atom is -0.326 e. The molecule has 4 aliphatic carbocycles. The number of nitrogens with one attached hydrogen (secondary N) is 1. The van der Waals surface area contributed by atoms with Gasteiger partial charge in [-0.25, -0.2) is 0 Å². The Labute approximate surface area is 167 Å². The molecule has 1 aromatic rings. The summed E-state index contributed by atoms with van der Waals surface area (Å²) in [5.41, 5.74) is 1.94. The van der Waals surface area contributed by atoms with E-state index in [1.807, 2.05) is 0 Å². The van der Waals surface area contributed by atoms with Crippen LogP contribution in [-0.4, -0.2) is 35.5 Å². The predicted octanol–water partition coefficient (Wildman–Crippen LogP) is 3.41. The lowest BCUT2D eigenvalue weighted by Gasteiger charge is -2.42. The van der Waals surface area contributed by atoms with Crippen LogP contribution in [0.25, 0.3) is 0 Å². The molecule has 4 unspecified atom stereocenters. The van der Waals surface area contributed by atoms with E-state index in [0.717, 1.165) is 25.3 Å². The third kappa shape index (κ3) is 2.87. The molecule has 27 heavy (non-hydrogen) atoms. The Bertz CT molecular complexity index is 763. The van der Waals surface area contributed by atoms with E-state index in [0.29, 0.717) is 17.9 Å². The van der Waals surface area contributed by atoms with Gasteiger partial charge >= 0.3 is 0 Å². The molecule has 5 fully saturated rings. The standard InChI is InChI=1S/C22H27N3O.ClH/c23-13-19-7-4-8-25(19)20(26)14-24-22-11-16-9-18(22)12-21(10-16,15-22)17-5-2-1-3-6-17;/h1-3,5-6,16,18-19,24H,4,7-12,14-15H2;1H/t16?,18?,19-,21?,22?;/m0./s1. The Morgan fingerprint density at radius 1 is 1.26 bits per heavy atom. The Morgan fingerprint density at radius 3 is 2.85 bits per heavy atom. The molecule has 1 amide bonds. The van der Waals surface area contributed by atoms with E-state index in [4.69, 9.17) is 0 Å². The van der Waals surface area contributed by atoms with Crippen molar-refractivity contribution in [3.05, 3.63) is 35.9 Å². The average Bonchev–Trinajstić information content (AvgIpc) is 3.29. The first-order valence-electron chi connectivity index (χ1n) is 10.1. The van der Waals surface area contributed by atoms with E-state index in [9.17, 15) is 10.1 Å². The van der Waals surface area contributed by atoms with E-state index >= 15 is 0 Å². The van der Waals surface area contributed by atoms with E-state index in [1.165, 1.54) is 37.7 Å². The number of hydrogen-bond donors (Lipinski definition) is 1. The number of nitrogens with zero attached hydrogens (tertiary/aromatic N) is 2. The highest BCUT2D eigenvalue weighted by atomic mass is 35.5. The summed E-state index contributed by atoms with van der Waals surface area (Å²) in [6.07, 6.45) is 8.07. The molecule has 1 N–H and O–H groups in total. The summed E-state index contributed by atoms with van der Waals surface area (Å²) in [6, 6.07) is 13.1. The van der Waals surface area contributed by atoms with Crippen molar-refractivity contribution in [2.45, 2.75) is 61.9 Å². The summed E-state index contributed by atoms with van der Waals surface area (Å²) in [4.78, 5) is 14.5. The first kappa shape index (κ1) is 18.8. The minimum absolute atomic E-state index is 0. The molecule has 0 aromatic heterocycles. The normalized spacial score (nSPS) is 38.6. The lowest BCUT2D eigenvalue weighted by atomic mass is 9.65.